The van der Waals surface area contributed by atoms with Gasteiger partial charge in [0.1, 0.15) is 6.04 Å². The van der Waals surface area contributed by atoms with E-state index in [-0.39, 0.29) is 0 Å². The van der Waals surface area contributed by atoms with Crippen LogP contribution in [0.5, 0.6) is 0 Å². The highest BCUT2D eigenvalue weighted by Crippen LogP contribution is 2.27. The molecule has 1 aromatic carbocycles. The normalized spacial score (nSPS) is 18.5. The average molecular weight is 249 g/mol. The zero-order valence-corrected chi connectivity index (χ0v) is 10.3. The number of rotatable bonds is 4. The number of hydrogen-bond acceptors (Lipinski definition) is 3. The Balaban J connectivity index is 2.06. The first-order valence-electron chi connectivity index (χ1n) is 6.32. The summed E-state index contributed by atoms with van der Waals surface area (Å²) in [7, 11) is 0. The minimum absolute atomic E-state index is 0.381. The van der Waals surface area contributed by atoms with Crippen molar-refractivity contribution in [2.24, 2.45) is 5.73 Å². The van der Waals surface area contributed by atoms with E-state index < -0.39 is 12.0 Å². The molecular weight excluding hydrogens is 230 g/mol. The fraction of sp³-hybridized carbons (Fsp3) is 0.500. The fourth-order valence-corrected chi connectivity index (χ4v) is 2.35. The van der Waals surface area contributed by atoms with Gasteiger partial charge in [-0.1, -0.05) is 24.3 Å². The SMILES string of the molecule is N[C@@H](Cc1cccc(C2CCOCC2)c1)C(=O)O. The monoisotopic (exact) mass is 249 g/mol. The maximum Gasteiger partial charge on any atom is 0.320 e. The maximum atomic E-state index is 10.7. The minimum Gasteiger partial charge on any atom is -0.480 e. The molecule has 0 radical (unpaired) electrons. The third-order valence-electron chi connectivity index (χ3n) is 3.42. The van der Waals surface area contributed by atoms with E-state index in [1.54, 1.807) is 0 Å². The van der Waals surface area contributed by atoms with Crippen LogP contribution < -0.4 is 5.73 Å². The van der Waals surface area contributed by atoms with Crippen LogP contribution in [0.15, 0.2) is 24.3 Å². The molecule has 1 aliphatic heterocycles. The van der Waals surface area contributed by atoms with E-state index in [0.717, 1.165) is 31.6 Å². The molecule has 18 heavy (non-hydrogen) atoms. The Morgan fingerprint density at radius 3 is 2.83 bits per heavy atom. The van der Waals surface area contributed by atoms with Crippen molar-refractivity contribution in [3.8, 4) is 0 Å². The molecule has 98 valence electrons. The van der Waals surface area contributed by atoms with Gasteiger partial charge >= 0.3 is 5.97 Å². The molecule has 1 aromatic rings. The topological polar surface area (TPSA) is 72.5 Å². The second kappa shape index (κ2) is 5.98. The van der Waals surface area contributed by atoms with Crippen LogP contribution in [0.3, 0.4) is 0 Å². The van der Waals surface area contributed by atoms with Crippen molar-refractivity contribution in [1.82, 2.24) is 0 Å². The Morgan fingerprint density at radius 2 is 2.17 bits per heavy atom. The van der Waals surface area contributed by atoms with Gasteiger partial charge in [0.2, 0.25) is 0 Å². The summed E-state index contributed by atoms with van der Waals surface area (Å²) in [6.07, 6.45) is 2.45. The lowest BCUT2D eigenvalue weighted by atomic mass is 9.90. The minimum atomic E-state index is -0.952. The molecule has 0 unspecified atom stereocenters. The molecule has 0 aromatic heterocycles. The number of nitrogens with two attached hydrogens (primary N) is 1. The van der Waals surface area contributed by atoms with Gasteiger partial charge in [-0.2, -0.15) is 0 Å². The Hall–Kier alpha value is -1.39. The lowest BCUT2D eigenvalue weighted by Crippen LogP contribution is -2.32. The largest absolute Gasteiger partial charge is 0.480 e. The van der Waals surface area contributed by atoms with Gasteiger partial charge in [0, 0.05) is 13.2 Å². The zero-order chi connectivity index (χ0) is 13.0. The van der Waals surface area contributed by atoms with Crippen LogP contribution in [0, 0.1) is 0 Å². The van der Waals surface area contributed by atoms with Gasteiger partial charge in [0.05, 0.1) is 0 Å². The first-order chi connectivity index (χ1) is 8.66. The smallest absolute Gasteiger partial charge is 0.320 e. The van der Waals surface area contributed by atoms with Gasteiger partial charge in [0.15, 0.2) is 0 Å². The Bertz CT molecular complexity index is 413. The molecule has 0 aliphatic carbocycles. The summed E-state index contributed by atoms with van der Waals surface area (Å²) < 4.78 is 5.35. The molecule has 0 saturated carbocycles. The molecule has 4 heteroatoms. The van der Waals surface area contributed by atoms with Crippen LogP contribution in [0.2, 0.25) is 0 Å². The number of carboxylic acids is 1. The summed E-state index contributed by atoms with van der Waals surface area (Å²) in [4.78, 5) is 10.7. The Labute approximate surface area is 107 Å². The van der Waals surface area contributed by atoms with E-state index in [9.17, 15) is 4.79 Å². The van der Waals surface area contributed by atoms with Gasteiger partial charge in [-0.05, 0) is 36.3 Å². The highest BCUT2D eigenvalue weighted by atomic mass is 16.5. The van der Waals surface area contributed by atoms with E-state index in [0.29, 0.717) is 12.3 Å². The highest BCUT2D eigenvalue weighted by Gasteiger charge is 2.17. The van der Waals surface area contributed by atoms with E-state index in [1.165, 1.54) is 5.56 Å². The molecule has 3 N–H and O–H groups in total. The number of benzene rings is 1. The number of aliphatic carboxylic acids is 1. The number of ether oxygens (including phenoxy) is 1. The molecule has 1 fully saturated rings. The highest BCUT2D eigenvalue weighted by molar-refractivity contribution is 5.73. The molecule has 1 aliphatic rings. The van der Waals surface area contributed by atoms with Crippen LogP contribution >= 0.6 is 0 Å². The summed E-state index contributed by atoms with van der Waals surface area (Å²) in [5.74, 6) is -0.425. The maximum absolute atomic E-state index is 10.7. The molecule has 4 nitrogen and oxygen atoms in total. The molecule has 1 atom stereocenters. The van der Waals surface area contributed by atoms with E-state index in [2.05, 4.69) is 12.1 Å². The number of carboxylic acid groups (broad SMARTS) is 1. The van der Waals surface area contributed by atoms with Crippen LogP contribution in [0.1, 0.15) is 29.9 Å². The summed E-state index contributed by atoms with van der Waals surface area (Å²) in [6, 6.07) is 7.28. The second-order valence-electron chi connectivity index (χ2n) is 4.78. The van der Waals surface area contributed by atoms with Gasteiger partial charge in [0.25, 0.3) is 0 Å². The molecular formula is C14H19NO3. The molecule has 0 spiro atoms. The molecule has 0 bridgehead atoms. The van der Waals surface area contributed by atoms with Crippen molar-refractivity contribution in [3.63, 3.8) is 0 Å². The number of hydrogen-bond donors (Lipinski definition) is 2. The van der Waals surface area contributed by atoms with Gasteiger partial charge in [-0.25, -0.2) is 0 Å². The van der Waals surface area contributed by atoms with Crippen LogP contribution in [-0.4, -0.2) is 30.3 Å². The summed E-state index contributed by atoms with van der Waals surface area (Å²) in [6.45, 7) is 1.62. The average Bonchev–Trinajstić information content (AvgIpc) is 2.40. The predicted molar refractivity (Wildman–Crippen MR) is 68.6 cm³/mol. The lowest BCUT2D eigenvalue weighted by Gasteiger charge is -2.23. The summed E-state index contributed by atoms with van der Waals surface area (Å²) in [5.41, 5.74) is 7.82. The molecule has 2 rings (SSSR count). The quantitative estimate of drug-likeness (QED) is 0.849. The van der Waals surface area contributed by atoms with E-state index >= 15 is 0 Å². The third kappa shape index (κ3) is 3.31. The van der Waals surface area contributed by atoms with Crippen molar-refractivity contribution in [2.75, 3.05) is 13.2 Å². The van der Waals surface area contributed by atoms with Gasteiger partial charge < -0.3 is 15.6 Å². The number of carbonyl (C=O) groups is 1. The van der Waals surface area contributed by atoms with Crippen molar-refractivity contribution in [1.29, 1.82) is 0 Å². The van der Waals surface area contributed by atoms with E-state index in [4.69, 9.17) is 15.6 Å². The lowest BCUT2D eigenvalue weighted by molar-refractivity contribution is -0.138. The van der Waals surface area contributed by atoms with Crippen molar-refractivity contribution >= 4 is 5.97 Å². The molecule has 1 saturated heterocycles. The summed E-state index contributed by atoms with van der Waals surface area (Å²) >= 11 is 0. The van der Waals surface area contributed by atoms with Gasteiger partial charge in [-0.3, -0.25) is 4.79 Å². The van der Waals surface area contributed by atoms with Crippen LogP contribution in [0.25, 0.3) is 0 Å². The first-order valence-corrected chi connectivity index (χ1v) is 6.32. The fourth-order valence-electron chi connectivity index (χ4n) is 2.35. The van der Waals surface area contributed by atoms with Crippen LogP contribution in [-0.2, 0) is 16.0 Å². The molecule has 0 amide bonds. The Morgan fingerprint density at radius 1 is 1.44 bits per heavy atom. The molecule has 1 heterocycles. The van der Waals surface area contributed by atoms with E-state index in [1.807, 2.05) is 12.1 Å². The van der Waals surface area contributed by atoms with Crippen molar-refractivity contribution in [2.45, 2.75) is 31.2 Å². The van der Waals surface area contributed by atoms with Crippen molar-refractivity contribution in [3.05, 3.63) is 35.4 Å². The second-order valence-corrected chi connectivity index (χ2v) is 4.78. The summed E-state index contributed by atoms with van der Waals surface area (Å²) in [5, 5.41) is 8.82. The zero-order valence-electron chi connectivity index (χ0n) is 10.3. The van der Waals surface area contributed by atoms with Crippen molar-refractivity contribution < 1.29 is 14.6 Å². The predicted octanol–water partition coefficient (Wildman–Crippen LogP) is 1.54. The third-order valence-corrected chi connectivity index (χ3v) is 3.42. The van der Waals surface area contributed by atoms with Crippen LogP contribution in [0.4, 0.5) is 0 Å². The standard InChI is InChI=1S/C14H19NO3/c15-13(14(16)17)9-10-2-1-3-12(8-10)11-4-6-18-7-5-11/h1-3,8,11,13H,4-7,9,15H2,(H,16,17)/t13-/m0/s1. The van der Waals surface area contributed by atoms with Gasteiger partial charge in [-0.15, -0.1) is 0 Å². The Kier molecular flexibility index (Phi) is 4.33. The first kappa shape index (κ1) is 13.1.